The van der Waals surface area contributed by atoms with E-state index in [0.717, 1.165) is 18.6 Å². The molecule has 6 heteroatoms. The highest BCUT2D eigenvalue weighted by Gasteiger charge is 2.31. The van der Waals surface area contributed by atoms with Crippen LogP contribution in [0.25, 0.3) is 0 Å². The van der Waals surface area contributed by atoms with Gasteiger partial charge in [-0.2, -0.15) is 0 Å². The molecule has 1 aliphatic heterocycles. The maximum Gasteiger partial charge on any atom is 0.326 e. The van der Waals surface area contributed by atoms with Crippen LogP contribution in [0.3, 0.4) is 0 Å². The summed E-state index contributed by atoms with van der Waals surface area (Å²) in [6.45, 7) is 0.943. The van der Waals surface area contributed by atoms with Gasteiger partial charge in [-0.25, -0.2) is 9.59 Å². The van der Waals surface area contributed by atoms with E-state index in [1.807, 2.05) is 6.07 Å². The van der Waals surface area contributed by atoms with Gasteiger partial charge in [0, 0.05) is 19.5 Å². The molecule has 1 aliphatic rings. The van der Waals surface area contributed by atoms with Gasteiger partial charge in [-0.05, 0) is 31.4 Å². The highest BCUT2D eigenvalue weighted by atomic mass is 16.4. The Bertz CT molecular complexity index is 430. The molecule has 1 aromatic heterocycles. The first-order valence-corrected chi connectivity index (χ1v) is 6.48. The lowest BCUT2D eigenvalue weighted by molar-refractivity contribution is -0.143. The third kappa shape index (κ3) is 3.49. The van der Waals surface area contributed by atoms with Crippen molar-refractivity contribution in [1.29, 1.82) is 0 Å². The molecule has 1 atom stereocenters. The Morgan fingerprint density at radius 3 is 3.00 bits per heavy atom. The van der Waals surface area contributed by atoms with Crippen LogP contribution in [-0.4, -0.2) is 41.1 Å². The topological polar surface area (TPSA) is 82.8 Å². The van der Waals surface area contributed by atoms with E-state index in [0.29, 0.717) is 25.9 Å². The van der Waals surface area contributed by atoms with Crippen LogP contribution in [0.5, 0.6) is 0 Å². The van der Waals surface area contributed by atoms with Crippen molar-refractivity contribution in [3.63, 3.8) is 0 Å². The first-order chi connectivity index (χ1) is 9.18. The van der Waals surface area contributed by atoms with Gasteiger partial charge in [0.1, 0.15) is 11.8 Å². The molecule has 2 heterocycles. The van der Waals surface area contributed by atoms with E-state index in [-0.39, 0.29) is 6.03 Å². The molecule has 0 radical (unpaired) electrons. The van der Waals surface area contributed by atoms with Crippen LogP contribution >= 0.6 is 0 Å². The molecule has 1 fully saturated rings. The van der Waals surface area contributed by atoms with Gasteiger partial charge in [-0.1, -0.05) is 0 Å². The zero-order chi connectivity index (χ0) is 13.7. The number of urea groups is 1. The van der Waals surface area contributed by atoms with Gasteiger partial charge in [-0.15, -0.1) is 0 Å². The van der Waals surface area contributed by atoms with Crippen LogP contribution < -0.4 is 5.32 Å². The van der Waals surface area contributed by atoms with Crippen molar-refractivity contribution in [2.45, 2.75) is 31.7 Å². The van der Waals surface area contributed by atoms with Gasteiger partial charge in [0.15, 0.2) is 0 Å². The predicted molar refractivity (Wildman–Crippen MR) is 67.8 cm³/mol. The number of carboxylic acids is 1. The van der Waals surface area contributed by atoms with Crippen molar-refractivity contribution in [2.75, 3.05) is 13.1 Å². The van der Waals surface area contributed by atoms with E-state index >= 15 is 0 Å². The summed E-state index contributed by atoms with van der Waals surface area (Å²) in [5.41, 5.74) is 0. The minimum Gasteiger partial charge on any atom is -0.480 e. The zero-order valence-corrected chi connectivity index (χ0v) is 10.7. The molecular formula is C13H18N2O4. The van der Waals surface area contributed by atoms with Crippen LogP contribution in [0.2, 0.25) is 0 Å². The number of aliphatic carboxylic acids is 1. The van der Waals surface area contributed by atoms with Gasteiger partial charge in [0.05, 0.1) is 6.26 Å². The summed E-state index contributed by atoms with van der Waals surface area (Å²) in [4.78, 5) is 24.5. The van der Waals surface area contributed by atoms with Gasteiger partial charge >= 0.3 is 12.0 Å². The zero-order valence-electron chi connectivity index (χ0n) is 10.7. The molecule has 2 N–H and O–H groups in total. The average molecular weight is 266 g/mol. The molecule has 19 heavy (non-hydrogen) atoms. The highest BCUT2D eigenvalue weighted by molar-refractivity contribution is 5.82. The number of hydrogen-bond donors (Lipinski definition) is 2. The fourth-order valence-corrected chi connectivity index (χ4v) is 2.28. The number of hydrogen-bond acceptors (Lipinski definition) is 3. The molecule has 2 amide bonds. The molecule has 1 aromatic rings. The Labute approximate surface area is 111 Å². The first kappa shape index (κ1) is 13.5. The van der Waals surface area contributed by atoms with Crippen LogP contribution in [-0.2, 0) is 11.2 Å². The number of piperidine rings is 1. The third-order valence-electron chi connectivity index (χ3n) is 3.28. The lowest BCUT2D eigenvalue weighted by Crippen LogP contribution is -2.52. The second-order valence-electron chi connectivity index (χ2n) is 4.60. The van der Waals surface area contributed by atoms with Gasteiger partial charge in [-0.3, -0.25) is 0 Å². The Balaban J connectivity index is 1.82. The smallest absolute Gasteiger partial charge is 0.326 e. The van der Waals surface area contributed by atoms with Crippen molar-refractivity contribution in [3.05, 3.63) is 24.2 Å². The molecule has 0 aromatic carbocycles. The summed E-state index contributed by atoms with van der Waals surface area (Å²) in [5, 5.41) is 11.8. The molecule has 0 bridgehead atoms. The quantitative estimate of drug-likeness (QED) is 0.864. The predicted octanol–water partition coefficient (Wildman–Crippen LogP) is 1.47. The molecule has 2 rings (SSSR count). The second-order valence-corrected chi connectivity index (χ2v) is 4.60. The van der Waals surface area contributed by atoms with Crippen LogP contribution in [0.1, 0.15) is 25.0 Å². The number of rotatable bonds is 4. The molecule has 0 aliphatic carbocycles. The van der Waals surface area contributed by atoms with E-state index in [4.69, 9.17) is 9.52 Å². The van der Waals surface area contributed by atoms with E-state index in [1.54, 1.807) is 12.3 Å². The lowest BCUT2D eigenvalue weighted by Gasteiger charge is -2.32. The molecular weight excluding hydrogens is 248 g/mol. The van der Waals surface area contributed by atoms with Gasteiger partial charge < -0.3 is 19.7 Å². The molecule has 104 valence electrons. The normalized spacial score (nSPS) is 19.2. The fraction of sp³-hybridized carbons (Fsp3) is 0.538. The summed E-state index contributed by atoms with van der Waals surface area (Å²) in [5.74, 6) is -0.130. The molecule has 0 spiro atoms. The number of carboxylic acid groups (broad SMARTS) is 1. The van der Waals surface area contributed by atoms with E-state index < -0.39 is 12.0 Å². The van der Waals surface area contributed by atoms with Crippen molar-refractivity contribution in [3.8, 4) is 0 Å². The summed E-state index contributed by atoms with van der Waals surface area (Å²) < 4.78 is 5.16. The minimum atomic E-state index is -0.930. The second kappa shape index (κ2) is 6.26. The monoisotopic (exact) mass is 266 g/mol. The summed E-state index contributed by atoms with van der Waals surface area (Å²) in [6, 6.07) is 2.63. The number of nitrogens with zero attached hydrogens (tertiary/aromatic N) is 1. The van der Waals surface area contributed by atoms with Gasteiger partial charge in [0.2, 0.25) is 0 Å². The minimum absolute atomic E-state index is 0.307. The van der Waals surface area contributed by atoms with Crippen LogP contribution in [0, 0.1) is 0 Å². The highest BCUT2D eigenvalue weighted by Crippen LogP contribution is 2.17. The Morgan fingerprint density at radius 2 is 2.32 bits per heavy atom. The summed E-state index contributed by atoms with van der Waals surface area (Å²) in [7, 11) is 0. The fourth-order valence-electron chi connectivity index (χ4n) is 2.28. The number of amides is 2. The summed E-state index contributed by atoms with van der Waals surface area (Å²) >= 11 is 0. The van der Waals surface area contributed by atoms with Crippen molar-refractivity contribution >= 4 is 12.0 Å². The Morgan fingerprint density at radius 1 is 1.47 bits per heavy atom. The standard InChI is InChI=1S/C13H18N2O4/c16-12(17)11-5-1-2-8-15(11)13(18)14-7-6-10-4-3-9-19-10/h3-4,9,11H,1-2,5-8H2,(H,14,18)(H,16,17). The maximum absolute atomic E-state index is 12.0. The number of carbonyl (C=O) groups is 2. The number of furan rings is 1. The molecule has 0 saturated carbocycles. The molecule has 1 unspecified atom stereocenters. The summed E-state index contributed by atoms with van der Waals surface area (Å²) in [6.07, 6.45) is 4.43. The Kier molecular flexibility index (Phi) is 4.43. The lowest BCUT2D eigenvalue weighted by atomic mass is 10.0. The third-order valence-corrected chi connectivity index (χ3v) is 3.28. The van der Waals surface area contributed by atoms with Crippen molar-refractivity contribution in [1.82, 2.24) is 10.2 Å². The van der Waals surface area contributed by atoms with Crippen molar-refractivity contribution in [2.24, 2.45) is 0 Å². The number of likely N-dealkylation sites (tertiary alicyclic amines) is 1. The van der Waals surface area contributed by atoms with E-state index in [9.17, 15) is 9.59 Å². The maximum atomic E-state index is 12.0. The van der Waals surface area contributed by atoms with Gasteiger partial charge in [0.25, 0.3) is 0 Å². The molecule has 6 nitrogen and oxygen atoms in total. The first-order valence-electron chi connectivity index (χ1n) is 6.48. The Hall–Kier alpha value is -1.98. The van der Waals surface area contributed by atoms with Crippen LogP contribution in [0.15, 0.2) is 22.8 Å². The average Bonchev–Trinajstić information content (AvgIpc) is 2.91. The van der Waals surface area contributed by atoms with E-state index in [2.05, 4.69) is 5.32 Å². The largest absolute Gasteiger partial charge is 0.480 e. The molecule has 1 saturated heterocycles. The number of carbonyl (C=O) groups excluding carboxylic acids is 1. The van der Waals surface area contributed by atoms with E-state index in [1.165, 1.54) is 4.90 Å². The number of nitrogens with one attached hydrogen (secondary N) is 1. The van der Waals surface area contributed by atoms with Crippen LogP contribution in [0.4, 0.5) is 4.79 Å². The SMILES string of the molecule is O=C(O)C1CCCCN1C(=O)NCCc1ccco1. The van der Waals surface area contributed by atoms with Crippen molar-refractivity contribution < 1.29 is 19.1 Å².